The number of carbonyl (C=O) groups excluding carboxylic acids is 1. The van der Waals surface area contributed by atoms with Gasteiger partial charge < -0.3 is 5.32 Å². The molecule has 3 rings (SSSR count). The molecule has 1 N–H and O–H groups in total. The van der Waals surface area contributed by atoms with Gasteiger partial charge in [-0.2, -0.15) is 5.10 Å². The van der Waals surface area contributed by atoms with E-state index >= 15 is 0 Å². The first-order valence-corrected chi connectivity index (χ1v) is 8.10. The number of halogens is 2. The summed E-state index contributed by atoms with van der Waals surface area (Å²) in [6.07, 6.45) is 1.65. The van der Waals surface area contributed by atoms with Crippen molar-refractivity contribution in [2.45, 2.75) is 13.8 Å². The molecule has 25 heavy (non-hydrogen) atoms. The van der Waals surface area contributed by atoms with Gasteiger partial charge >= 0.3 is 0 Å². The molecule has 0 aliphatic carbocycles. The van der Waals surface area contributed by atoms with Gasteiger partial charge in [-0.1, -0.05) is 17.7 Å². The van der Waals surface area contributed by atoms with E-state index in [1.807, 2.05) is 13.0 Å². The maximum atomic E-state index is 13.8. The van der Waals surface area contributed by atoms with Crippen molar-refractivity contribution in [1.82, 2.24) is 9.78 Å². The molecule has 1 aromatic heterocycles. The number of benzene rings is 2. The van der Waals surface area contributed by atoms with Crippen molar-refractivity contribution < 1.29 is 9.18 Å². The van der Waals surface area contributed by atoms with Crippen LogP contribution >= 0.6 is 11.6 Å². The lowest BCUT2D eigenvalue weighted by molar-refractivity contribution is 0.102. The number of aryl methyl sites for hydroxylation is 3. The molecule has 0 saturated carbocycles. The molecule has 0 aliphatic rings. The highest BCUT2D eigenvalue weighted by atomic mass is 35.5. The van der Waals surface area contributed by atoms with Crippen LogP contribution < -0.4 is 5.32 Å². The van der Waals surface area contributed by atoms with E-state index < -0.39 is 0 Å². The number of nitrogens with one attached hydrogen (secondary N) is 1. The van der Waals surface area contributed by atoms with E-state index in [4.69, 9.17) is 11.6 Å². The molecule has 2 aromatic carbocycles. The van der Waals surface area contributed by atoms with Crippen molar-refractivity contribution in [2.75, 3.05) is 5.32 Å². The smallest absolute Gasteiger partial charge is 0.259 e. The molecule has 128 valence electrons. The van der Waals surface area contributed by atoms with Crippen LogP contribution in [0.5, 0.6) is 0 Å². The second-order valence-electron chi connectivity index (χ2n) is 5.91. The first-order valence-electron chi connectivity index (χ1n) is 7.73. The van der Waals surface area contributed by atoms with Gasteiger partial charge in [0.2, 0.25) is 0 Å². The van der Waals surface area contributed by atoms with Crippen LogP contribution in [0.15, 0.2) is 42.6 Å². The summed E-state index contributed by atoms with van der Waals surface area (Å²) in [6.45, 7) is 3.64. The number of amides is 1. The third-order valence-electron chi connectivity index (χ3n) is 3.96. The summed E-state index contributed by atoms with van der Waals surface area (Å²) in [5.41, 5.74) is 3.88. The average Bonchev–Trinajstić information content (AvgIpc) is 2.90. The predicted molar refractivity (Wildman–Crippen MR) is 97.5 cm³/mol. The quantitative estimate of drug-likeness (QED) is 0.735. The van der Waals surface area contributed by atoms with Crippen LogP contribution in [0.25, 0.3) is 11.1 Å². The molecule has 0 spiro atoms. The van der Waals surface area contributed by atoms with E-state index in [9.17, 15) is 9.18 Å². The van der Waals surface area contributed by atoms with Crippen molar-refractivity contribution in [3.63, 3.8) is 0 Å². The van der Waals surface area contributed by atoms with Crippen molar-refractivity contribution in [1.29, 1.82) is 0 Å². The fraction of sp³-hybridized carbons (Fsp3) is 0.158. The summed E-state index contributed by atoms with van der Waals surface area (Å²) in [4.78, 5) is 12.6. The number of hydrogen-bond acceptors (Lipinski definition) is 2. The van der Waals surface area contributed by atoms with Gasteiger partial charge in [-0.25, -0.2) is 4.39 Å². The summed E-state index contributed by atoms with van der Waals surface area (Å²) in [5, 5.41) is 7.66. The number of nitrogens with zero attached hydrogens (tertiary/aromatic N) is 2. The summed E-state index contributed by atoms with van der Waals surface area (Å²) in [6, 6.07) is 9.69. The number of hydrogen-bond donors (Lipinski definition) is 1. The van der Waals surface area contributed by atoms with Gasteiger partial charge in [-0.15, -0.1) is 0 Å². The Kier molecular flexibility index (Phi) is 4.59. The van der Waals surface area contributed by atoms with Crippen molar-refractivity contribution in [2.24, 2.45) is 7.05 Å². The molecule has 3 aromatic rings. The van der Waals surface area contributed by atoms with Crippen LogP contribution in [0.4, 0.5) is 10.1 Å². The molecule has 0 unspecified atom stereocenters. The highest BCUT2D eigenvalue weighted by molar-refractivity contribution is 6.31. The molecule has 0 radical (unpaired) electrons. The maximum Gasteiger partial charge on any atom is 0.259 e. The zero-order chi connectivity index (χ0) is 18.1. The molecule has 1 amide bonds. The van der Waals surface area contributed by atoms with Crippen molar-refractivity contribution >= 4 is 23.2 Å². The summed E-state index contributed by atoms with van der Waals surface area (Å²) in [5.74, 6) is -0.665. The van der Waals surface area contributed by atoms with E-state index in [2.05, 4.69) is 10.4 Å². The van der Waals surface area contributed by atoms with E-state index in [1.165, 1.54) is 12.1 Å². The molecule has 0 fully saturated rings. The van der Waals surface area contributed by atoms with E-state index in [0.717, 1.165) is 11.1 Å². The number of rotatable bonds is 3. The largest absolute Gasteiger partial charge is 0.321 e. The molecular formula is C19H17ClFN3O. The topological polar surface area (TPSA) is 46.9 Å². The van der Waals surface area contributed by atoms with Crippen LogP contribution in [0, 0.1) is 19.7 Å². The fourth-order valence-electron chi connectivity index (χ4n) is 2.69. The van der Waals surface area contributed by atoms with Gasteiger partial charge in [-0.3, -0.25) is 9.48 Å². The second kappa shape index (κ2) is 6.69. The average molecular weight is 358 g/mol. The Balaban J connectivity index is 2.00. The second-order valence-corrected chi connectivity index (χ2v) is 6.32. The molecule has 0 aliphatic heterocycles. The molecule has 6 heteroatoms. The van der Waals surface area contributed by atoms with Gasteiger partial charge in [0.15, 0.2) is 0 Å². The minimum Gasteiger partial charge on any atom is -0.321 e. The highest BCUT2D eigenvalue weighted by Gasteiger charge is 2.16. The summed E-state index contributed by atoms with van der Waals surface area (Å²) >= 11 is 6.07. The van der Waals surface area contributed by atoms with Crippen LogP contribution in [-0.4, -0.2) is 15.7 Å². The van der Waals surface area contributed by atoms with E-state index in [1.54, 1.807) is 43.0 Å². The van der Waals surface area contributed by atoms with Crippen molar-refractivity contribution in [3.8, 4) is 11.1 Å². The Labute approximate surface area is 150 Å². The third kappa shape index (κ3) is 3.56. The number of aromatic nitrogens is 2. The lowest BCUT2D eigenvalue weighted by Crippen LogP contribution is -2.13. The van der Waals surface area contributed by atoms with Crippen LogP contribution in [0.3, 0.4) is 0 Å². The maximum absolute atomic E-state index is 13.8. The monoisotopic (exact) mass is 357 g/mol. The number of carbonyl (C=O) groups is 1. The Morgan fingerprint density at radius 3 is 2.60 bits per heavy atom. The van der Waals surface area contributed by atoms with E-state index in [0.29, 0.717) is 27.5 Å². The minimum atomic E-state index is -0.377. The molecule has 0 saturated heterocycles. The van der Waals surface area contributed by atoms with Gasteiger partial charge in [-0.05, 0) is 55.3 Å². The Bertz CT molecular complexity index is 965. The molecule has 0 bridgehead atoms. The molecule has 4 nitrogen and oxygen atoms in total. The zero-order valence-electron chi connectivity index (χ0n) is 14.1. The normalized spacial score (nSPS) is 10.8. The Hall–Kier alpha value is -2.66. The lowest BCUT2D eigenvalue weighted by Gasteiger charge is -2.12. The SMILES string of the molecule is Cc1cc(-c2cc(F)ccc2NC(=O)c2cn(C)nc2C)ccc1Cl. The third-order valence-corrected chi connectivity index (χ3v) is 4.38. The Morgan fingerprint density at radius 2 is 1.96 bits per heavy atom. The van der Waals surface area contributed by atoms with Crippen molar-refractivity contribution in [3.05, 3.63) is 70.3 Å². The molecular weight excluding hydrogens is 341 g/mol. The van der Waals surface area contributed by atoms with Gasteiger partial charge in [0, 0.05) is 29.5 Å². The van der Waals surface area contributed by atoms with Crippen LogP contribution in [0.1, 0.15) is 21.6 Å². The predicted octanol–water partition coefficient (Wildman–Crippen LogP) is 4.75. The van der Waals surface area contributed by atoms with Crippen LogP contribution in [-0.2, 0) is 7.05 Å². The number of anilines is 1. The van der Waals surface area contributed by atoms with Gasteiger partial charge in [0.1, 0.15) is 5.82 Å². The zero-order valence-corrected chi connectivity index (χ0v) is 14.9. The standard InChI is InChI=1S/C19H17ClFN3O/c1-11-8-13(4-6-17(11)20)15-9-14(21)5-7-18(15)22-19(25)16-10-24(3)23-12(16)2/h4-10H,1-3H3,(H,22,25). The first kappa shape index (κ1) is 17.2. The lowest BCUT2D eigenvalue weighted by atomic mass is 10.0. The highest BCUT2D eigenvalue weighted by Crippen LogP contribution is 2.31. The first-order chi connectivity index (χ1) is 11.8. The fourth-order valence-corrected chi connectivity index (χ4v) is 2.81. The van der Waals surface area contributed by atoms with Gasteiger partial charge in [0.25, 0.3) is 5.91 Å². The minimum absolute atomic E-state index is 0.288. The summed E-state index contributed by atoms with van der Waals surface area (Å²) < 4.78 is 15.4. The molecule has 1 heterocycles. The van der Waals surface area contributed by atoms with Gasteiger partial charge in [0.05, 0.1) is 11.3 Å². The van der Waals surface area contributed by atoms with Crippen LogP contribution in [0.2, 0.25) is 5.02 Å². The van der Waals surface area contributed by atoms with E-state index in [-0.39, 0.29) is 11.7 Å². The Morgan fingerprint density at radius 1 is 1.20 bits per heavy atom. The summed E-state index contributed by atoms with van der Waals surface area (Å²) in [7, 11) is 1.75. The molecule has 0 atom stereocenters.